The summed E-state index contributed by atoms with van der Waals surface area (Å²) in [5, 5.41) is 10.8. The average molecular weight is 254 g/mol. The van der Waals surface area contributed by atoms with E-state index in [4.69, 9.17) is 5.73 Å². The van der Waals surface area contributed by atoms with E-state index in [9.17, 15) is 0 Å². The summed E-state index contributed by atoms with van der Waals surface area (Å²) < 4.78 is 2.48. The van der Waals surface area contributed by atoms with Gasteiger partial charge in [-0.15, -0.1) is 0 Å². The van der Waals surface area contributed by atoms with Crippen molar-refractivity contribution in [1.29, 1.82) is 0 Å². The molecule has 0 unspecified atom stereocenters. The quantitative estimate of drug-likeness (QED) is 0.833. The van der Waals surface area contributed by atoms with Crippen molar-refractivity contribution in [3.05, 3.63) is 28.2 Å². The van der Waals surface area contributed by atoms with Crippen LogP contribution in [0, 0.1) is 6.92 Å². The van der Waals surface area contributed by atoms with Gasteiger partial charge in [-0.2, -0.15) is 4.68 Å². The van der Waals surface area contributed by atoms with Gasteiger partial charge in [-0.25, -0.2) is 0 Å². The minimum atomic E-state index is 0.278. The van der Waals surface area contributed by atoms with Gasteiger partial charge in [-0.3, -0.25) is 0 Å². The molecule has 0 bridgehead atoms. The molecule has 2 aromatic rings. The van der Waals surface area contributed by atoms with E-state index in [0.29, 0.717) is 0 Å². The molecule has 0 atom stereocenters. The van der Waals surface area contributed by atoms with Crippen LogP contribution in [0.5, 0.6) is 0 Å². The summed E-state index contributed by atoms with van der Waals surface area (Å²) in [6, 6.07) is 5.80. The molecule has 0 radical (unpaired) electrons. The summed E-state index contributed by atoms with van der Waals surface area (Å²) in [5.74, 6) is 0.278. The van der Waals surface area contributed by atoms with Gasteiger partial charge in [0.15, 0.2) is 0 Å². The number of tetrazole rings is 1. The van der Waals surface area contributed by atoms with Crippen LogP contribution in [0.25, 0.3) is 5.69 Å². The fourth-order valence-electron chi connectivity index (χ4n) is 1.09. The fourth-order valence-corrected chi connectivity index (χ4v) is 1.46. The lowest BCUT2D eigenvalue weighted by molar-refractivity contribution is 0.791. The average Bonchev–Trinajstić information content (AvgIpc) is 2.57. The maximum absolute atomic E-state index is 5.57. The third-order valence-corrected chi connectivity index (χ3v) is 2.75. The number of nitrogens with two attached hydrogens (primary N) is 1. The molecule has 1 aromatic heterocycles. The molecule has 0 saturated heterocycles. The van der Waals surface area contributed by atoms with Gasteiger partial charge in [0, 0.05) is 4.47 Å². The Bertz CT molecular complexity index is 465. The molecule has 0 fully saturated rings. The Kier molecular flexibility index (Phi) is 2.20. The fraction of sp³-hybridized carbons (Fsp3) is 0.125. The molecule has 5 nitrogen and oxygen atoms in total. The second-order valence-corrected chi connectivity index (χ2v) is 3.74. The van der Waals surface area contributed by atoms with Gasteiger partial charge in [0.1, 0.15) is 0 Å². The normalized spacial score (nSPS) is 10.4. The van der Waals surface area contributed by atoms with Crippen molar-refractivity contribution in [2.75, 3.05) is 5.73 Å². The zero-order valence-corrected chi connectivity index (χ0v) is 9.06. The first-order valence-corrected chi connectivity index (χ1v) is 4.78. The number of anilines is 1. The highest BCUT2D eigenvalue weighted by Gasteiger charge is 2.05. The summed E-state index contributed by atoms with van der Waals surface area (Å²) in [7, 11) is 0. The molecule has 0 aliphatic carbocycles. The number of aryl methyl sites for hydroxylation is 1. The van der Waals surface area contributed by atoms with E-state index in [0.717, 1.165) is 15.7 Å². The Balaban J connectivity index is 2.53. The molecule has 72 valence electrons. The second kappa shape index (κ2) is 3.38. The molecule has 0 saturated carbocycles. The molecule has 6 heteroatoms. The third-order valence-electron chi connectivity index (χ3n) is 1.89. The molecular formula is C8H8BrN5. The number of benzene rings is 1. The standard InChI is InChI=1S/C8H8BrN5/c1-5-2-3-6(4-7(5)9)14-8(10)11-12-13-14/h2-4H,1H3,(H2,10,11,13). The maximum atomic E-state index is 5.57. The molecule has 0 spiro atoms. The van der Waals surface area contributed by atoms with Crippen LogP contribution in [-0.2, 0) is 0 Å². The lowest BCUT2D eigenvalue weighted by Crippen LogP contribution is -2.02. The first-order valence-electron chi connectivity index (χ1n) is 3.99. The predicted octanol–water partition coefficient (Wildman–Crippen LogP) is 1.32. The molecule has 1 heterocycles. The van der Waals surface area contributed by atoms with E-state index in [-0.39, 0.29) is 5.95 Å². The highest BCUT2D eigenvalue weighted by atomic mass is 79.9. The van der Waals surface area contributed by atoms with Crippen LogP contribution >= 0.6 is 15.9 Å². The van der Waals surface area contributed by atoms with E-state index >= 15 is 0 Å². The third kappa shape index (κ3) is 1.48. The van der Waals surface area contributed by atoms with Crippen molar-refractivity contribution < 1.29 is 0 Å². The molecule has 2 rings (SSSR count). The van der Waals surface area contributed by atoms with Gasteiger partial charge in [-0.05, 0) is 35.0 Å². The van der Waals surface area contributed by atoms with Crippen LogP contribution in [0.2, 0.25) is 0 Å². The number of nitrogen functional groups attached to an aromatic ring is 1. The van der Waals surface area contributed by atoms with Gasteiger partial charge < -0.3 is 5.73 Å². The zero-order valence-electron chi connectivity index (χ0n) is 7.48. The number of halogens is 1. The molecule has 14 heavy (non-hydrogen) atoms. The maximum Gasteiger partial charge on any atom is 0.245 e. The monoisotopic (exact) mass is 253 g/mol. The van der Waals surface area contributed by atoms with Crippen LogP contribution < -0.4 is 5.73 Å². The predicted molar refractivity (Wildman–Crippen MR) is 56.0 cm³/mol. The Morgan fingerprint density at radius 3 is 2.79 bits per heavy atom. The highest BCUT2D eigenvalue weighted by molar-refractivity contribution is 9.10. The second-order valence-electron chi connectivity index (χ2n) is 2.88. The number of aromatic nitrogens is 4. The summed E-state index contributed by atoms with van der Waals surface area (Å²) >= 11 is 3.43. The highest BCUT2D eigenvalue weighted by Crippen LogP contribution is 2.20. The van der Waals surface area contributed by atoms with E-state index in [2.05, 4.69) is 31.5 Å². The minimum absolute atomic E-state index is 0.278. The molecule has 0 aliphatic rings. The lowest BCUT2D eigenvalue weighted by atomic mass is 10.2. The Labute approximate surface area is 89.0 Å². The van der Waals surface area contributed by atoms with Gasteiger partial charge in [-0.1, -0.05) is 27.1 Å². The van der Waals surface area contributed by atoms with E-state index in [1.165, 1.54) is 4.68 Å². The molecule has 1 aromatic carbocycles. The van der Waals surface area contributed by atoms with Crippen molar-refractivity contribution in [3.63, 3.8) is 0 Å². The smallest absolute Gasteiger partial charge is 0.245 e. The van der Waals surface area contributed by atoms with Crippen LogP contribution in [0.1, 0.15) is 5.56 Å². The molecule has 0 amide bonds. The molecular weight excluding hydrogens is 246 g/mol. The summed E-state index contributed by atoms with van der Waals surface area (Å²) in [6.07, 6.45) is 0. The van der Waals surface area contributed by atoms with E-state index < -0.39 is 0 Å². The Morgan fingerprint density at radius 1 is 1.43 bits per heavy atom. The first kappa shape index (κ1) is 9.14. The van der Waals surface area contributed by atoms with Crippen molar-refractivity contribution in [2.45, 2.75) is 6.92 Å². The summed E-state index contributed by atoms with van der Waals surface area (Å²) in [6.45, 7) is 2.01. The minimum Gasteiger partial charge on any atom is -0.366 e. The molecule has 2 N–H and O–H groups in total. The van der Waals surface area contributed by atoms with Gasteiger partial charge >= 0.3 is 0 Å². The van der Waals surface area contributed by atoms with E-state index in [1.54, 1.807) is 0 Å². The Morgan fingerprint density at radius 2 is 2.21 bits per heavy atom. The number of hydrogen-bond acceptors (Lipinski definition) is 4. The van der Waals surface area contributed by atoms with Crippen LogP contribution in [-0.4, -0.2) is 20.2 Å². The number of rotatable bonds is 1. The van der Waals surface area contributed by atoms with Crippen molar-refractivity contribution in [2.24, 2.45) is 0 Å². The van der Waals surface area contributed by atoms with E-state index in [1.807, 2.05) is 25.1 Å². The van der Waals surface area contributed by atoms with Crippen molar-refractivity contribution in [1.82, 2.24) is 20.2 Å². The molecule has 0 aliphatic heterocycles. The summed E-state index contributed by atoms with van der Waals surface area (Å²) in [4.78, 5) is 0. The first-order chi connectivity index (χ1) is 6.68. The van der Waals surface area contributed by atoms with Gasteiger partial charge in [0.25, 0.3) is 0 Å². The SMILES string of the molecule is Cc1ccc(-n2nnnc2N)cc1Br. The lowest BCUT2D eigenvalue weighted by Gasteiger charge is -2.03. The van der Waals surface area contributed by atoms with Crippen LogP contribution in [0.3, 0.4) is 0 Å². The van der Waals surface area contributed by atoms with Crippen molar-refractivity contribution in [3.8, 4) is 5.69 Å². The van der Waals surface area contributed by atoms with Crippen LogP contribution in [0.4, 0.5) is 5.95 Å². The number of nitrogens with zero attached hydrogens (tertiary/aromatic N) is 4. The number of hydrogen-bond donors (Lipinski definition) is 1. The Hall–Kier alpha value is -1.43. The van der Waals surface area contributed by atoms with Gasteiger partial charge in [0.2, 0.25) is 5.95 Å². The zero-order chi connectivity index (χ0) is 10.1. The summed E-state index contributed by atoms with van der Waals surface area (Å²) in [5.41, 5.74) is 7.56. The largest absolute Gasteiger partial charge is 0.366 e. The van der Waals surface area contributed by atoms with Crippen molar-refractivity contribution >= 4 is 21.9 Å². The van der Waals surface area contributed by atoms with Gasteiger partial charge in [0.05, 0.1) is 5.69 Å². The topological polar surface area (TPSA) is 69.6 Å². The van der Waals surface area contributed by atoms with Crippen LogP contribution in [0.15, 0.2) is 22.7 Å².